The van der Waals surface area contributed by atoms with Crippen LogP contribution in [0, 0.1) is 0 Å². The zero-order valence-electron chi connectivity index (χ0n) is 21.6. The van der Waals surface area contributed by atoms with E-state index in [9.17, 15) is 41.0 Å². The zero-order valence-corrected chi connectivity index (χ0v) is 22.4. The number of aromatic nitrogens is 2. The standard InChI is InChI=1S/C24H29F6N5O3S/c1-12-7-5-6-8-35(12)21(37)17-18(39-20(34-17)19(36)32-11-22(3,4)38)14-10-31-16(9-15(14)24(28,29)30)33-13(2)23(25,26)27/h9-10,12-13,38H,5-8,11H2,1-4H3,(H,31,33)(H,32,36)/t12-,13?/m0/s1. The van der Waals surface area contributed by atoms with Crippen LogP contribution in [0.3, 0.4) is 0 Å². The summed E-state index contributed by atoms with van der Waals surface area (Å²) < 4.78 is 81.4. The van der Waals surface area contributed by atoms with Crippen molar-refractivity contribution in [2.45, 2.75) is 77.0 Å². The molecule has 0 bridgehead atoms. The molecule has 3 N–H and O–H groups in total. The summed E-state index contributed by atoms with van der Waals surface area (Å²) in [5.74, 6) is -2.15. The summed E-state index contributed by atoms with van der Waals surface area (Å²) in [4.78, 5) is 35.3. The maximum atomic E-state index is 14.2. The molecule has 2 aromatic rings. The molecule has 1 unspecified atom stereocenters. The Balaban J connectivity index is 2.13. The summed E-state index contributed by atoms with van der Waals surface area (Å²) in [5.41, 5.74) is -3.62. The van der Waals surface area contributed by atoms with E-state index in [2.05, 4.69) is 15.3 Å². The largest absolute Gasteiger partial charge is 0.417 e. The predicted octanol–water partition coefficient (Wildman–Crippen LogP) is 5.10. The van der Waals surface area contributed by atoms with Crippen LogP contribution in [-0.4, -0.2) is 68.7 Å². The number of piperidine rings is 1. The smallest absolute Gasteiger partial charge is 0.389 e. The second kappa shape index (κ2) is 11.3. The lowest BCUT2D eigenvalue weighted by Gasteiger charge is -2.33. The lowest BCUT2D eigenvalue weighted by molar-refractivity contribution is -0.138. The summed E-state index contributed by atoms with van der Waals surface area (Å²) in [6.45, 7) is 5.56. The van der Waals surface area contributed by atoms with Gasteiger partial charge in [-0.2, -0.15) is 26.3 Å². The third-order valence-corrected chi connectivity index (χ3v) is 7.17. The number of carbonyl (C=O) groups is 2. The SMILES string of the molecule is CC(Nc1cc(C(F)(F)F)c(-c2sc(C(=O)NCC(C)(C)O)nc2C(=O)N2CCCC[C@@H]2C)cn1)C(F)(F)F. The molecule has 8 nitrogen and oxygen atoms in total. The summed E-state index contributed by atoms with van der Waals surface area (Å²) in [5, 5.41) is 13.9. The molecule has 15 heteroatoms. The fourth-order valence-corrected chi connectivity index (χ4v) is 4.90. The molecule has 0 aliphatic carbocycles. The second-order valence-corrected chi connectivity index (χ2v) is 11.1. The van der Waals surface area contributed by atoms with Crippen molar-refractivity contribution in [3.05, 3.63) is 28.5 Å². The van der Waals surface area contributed by atoms with Gasteiger partial charge in [-0.3, -0.25) is 9.59 Å². The number of pyridine rings is 1. The number of hydrogen-bond acceptors (Lipinski definition) is 7. The van der Waals surface area contributed by atoms with Crippen LogP contribution in [0.5, 0.6) is 0 Å². The molecule has 0 spiro atoms. The Morgan fingerprint density at radius 1 is 1.21 bits per heavy atom. The summed E-state index contributed by atoms with van der Waals surface area (Å²) in [6, 6.07) is -1.96. The number of nitrogens with one attached hydrogen (secondary N) is 2. The van der Waals surface area contributed by atoms with E-state index in [1.807, 2.05) is 5.32 Å². The van der Waals surface area contributed by atoms with Crippen LogP contribution in [0.2, 0.25) is 0 Å². The lowest BCUT2D eigenvalue weighted by atomic mass is 10.0. The minimum atomic E-state index is -5.04. The van der Waals surface area contributed by atoms with Crippen molar-refractivity contribution in [3.63, 3.8) is 0 Å². The topological polar surface area (TPSA) is 107 Å². The van der Waals surface area contributed by atoms with E-state index >= 15 is 0 Å². The first kappa shape index (κ1) is 30.6. The second-order valence-electron chi connectivity index (χ2n) is 10.1. The lowest BCUT2D eigenvalue weighted by Crippen LogP contribution is -2.42. The number of nitrogens with zero attached hydrogens (tertiary/aromatic N) is 3. The molecule has 2 amide bonds. The Bertz CT molecular complexity index is 1210. The number of thiazole rings is 1. The maximum Gasteiger partial charge on any atom is 0.417 e. The van der Waals surface area contributed by atoms with Gasteiger partial charge in [-0.1, -0.05) is 0 Å². The van der Waals surface area contributed by atoms with Gasteiger partial charge in [0.2, 0.25) is 0 Å². The van der Waals surface area contributed by atoms with Gasteiger partial charge in [0.15, 0.2) is 5.01 Å². The normalized spacial score (nSPS) is 17.6. The molecule has 216 valence electrons. The molecule has 39 heavy (non-hydrogen) atoms. The van der Waals surface area contributed by atoms with Gasteiger partial charge in [0.05, 0.1) is 16.0 Å². The number of alkyl halides is 6. The van der Waals surface area contributed by atoms with Gasteiger partial charge in [0.1, 0.15) is 17.6 Å². The molecule has 1 aliphatic heterocycles. The first-order valence-corrected chi connectivity index (χ1v) is 12.9. The molecule has 1 saturated heterocycles. The summed E-state index contributed by atoms with van der Waals surface area (Å²) in [7, 11) is 0. The molecular formula is C24H29F6N5O3S. The van der Waals surface area contributed by atoms with Crippen molar-refractivity contribution in [2.75, 3.05) is 18.4 Å². The molecule has 2 aromatic heterocycles. The van der Waals surface area contributed by atoms with Crippen LogP contribution in [0.1, 0.15) is 72.8 Å². The van der Waals surface area contributed by atoms with Crippen molar-refractivity contribution in [2.24, 2.45) is 0 Å². The highest BCUT2D eigenvalue weighted by Crippen LogP contribution is 2.42. The van der Waals surface area contributed by atoms with Crippen molar-refractivity contribution < 1.29 is 41.0 Å². The van der Waals surface area contributed by atoms with E-state index in [-0.39, 0.29) is 28.2 Å². The van der Waals surface area contributed by atoms with E-state index in [1.54, 1.807) is 6.92 Å². The average molecular weight is 582 g/mol. The minimum Gasteiger partial charge on any atom is -0.389 e. The highest BCUT2D eigenvalue weighted by atomic mass is 32.1. The quantitative estimate of drug-likeness (QED) is 0.393. The Morgan fingerprint density at radius 3 is 2.44 bits per heavy atom. The Hall–Kier alpha value is -2.94. The van der Waals surface area contributed by atoms with Crippen molar-refractivity contribution in [1.82, 2.24) is 20.2 Å². The number of aliphatic hydroxyl groups is 1. The third-order valence-electron chi connectivity index (χ3n) is 6.08. The molecule has 2 atom stereocenters. The summed E-state index contributed by atoms with van der Waals surface area (Å²) in [6.07, 6.45) is -6.82. The van der Waals surface area contributed by atoms with E-state index in [1.165, 1.54) is 18.7 Å². The molecule has 0 radical (unpaired) electrons. The van der Waals surface area contributed by atoms with Gasteiger partial charge in [-0.25, -0.2) is 9.97 Å². The number of anilines is 1. The van der Waals surface area contributed by atoms with Gasteiger partial charge < -0.3 is 20.6 Å². The van der Waals surface area contributed by atoms with Crippen LogP contribution in [0.4, 0.5) is 32.2 Å². The Morgan fingerprint density at radius 2 is 1.87 bits per heavy atom. The van der Waals surface area contributed by atoms with Gasteiger partial charge >= 0.3 is 12.4 Å². The van der Waals surface area contributed by atoms with E-state index in [4.69, 9.17) is 0 Å². The number of likely N-dealkylation sites (tertiary alicyclic amines) is 1. The van der Waals surface area contributed by atoms with Crippen molar-refractivity contribution >= 4 is 29.0 Å². The highest BCUT2D eigenvalue weighted by Gasteiger charge is 2.40. The minimum absolute atomic E-state index is 0.194. The number of rotatable bonds is 7. The van der Waals surface area contributed by atoms with Gasteiger partial charge in [0, 0.05) is 30.9 Å². The molecule has 1 fully saturated rings. The molecular weight excluding hydrogens is 552 g/mol. The fourth-order valence-electron chi connectivity index (χ4n) is 3.91. The monoisotopic (exact) mass is 581 g/mol. The van der Waals surface area contributed by atoms with Crippen molar-refractivity contribution in [1.29, 1.82) is 0 Å². The highest BCUT2D eigenvalue weighted by molar-refractivity contribution is 7.17. The molecule has 3 heterocycles. The first-order chi connectivity index (χ1) is 17.9. The molecule has 1 aliphatic rings. The van der Waals surface area contributed by atoms with Gasteiger partial charge in [-0.05, 0) is 53.0 Å². The Kier molecular flexibility index (Phi) is 8.85. The maximum absolute atomic E-state index is 14.2. The van der Waals surface area contributed by atoms with Crippen LogP contribution >= 0.6 is 11.3 Å². The van der Waals surface area contributed by atoms with Crippen LogP contribution in [0.25, 0.3) is 10.4 Å². The molecule has 3 rings (SSSR count). The predicted molar refractivity (Wildman–Crippen MR) is 132 cm³/mol. The Labute approximate surface area is 224 Å². The van der Waals surface area contributed by atoms with Crippen LogP contribution < -0.4 is 10.6 Å². The van der Waals surface area contributed by atoms with Gasteiger partial charge in [-0.15, -0.1) is 11.3 Å². The van der Waals surface area contributed by atoms with E-state index in [0.29, 0.717) is 36.8 Å². The fraction of sp³-hybridized carbons (Fsp3) is 0.583. The number of carbonyl (C=O) groups excluding carboxylic acids is 2. The molecule has 0 aromatic carbocycles. The number of halogens is 6. The average Bonchev–Trinajstić information content (AvgIpc) is 3.26. The zero-order chi connectivity index (χ0) is 29.3. The first-order valence-electron chi connectivity index (χ1n) is 12.1. The van der Waals surface area contributed by atoms with Crippen LogP contribution in [-0.2, 0) is 6.18 Å². The van der Waals surface area contributed by atoms with E-state index < -0.39 is 52.8 Å². The van der Waals surface area contributed by atoms with Crippen LogP contribution in [0.15, 0.2) is 12.3 Å². The third kappa shape index (κ3) is 7.59. The summed E-state index contributed by atoms with van der Waals surface area (Å²) >= 11 is 0.526. The number of hydrogen-bond donors (Lipinski definition) is 3. The van der Waals surface area contributed by atoms with Gasteiger partial charge in [0.25, 0.3) is 11.8 Å². The van der Waals surface area contributed by atoms with E-state index in [0.717, 1.165) is 19.5 Å². The number of amides is 2. The molecule has 0 saturated carbocycles. The van der Waals surface area contributed by atoms with Crippen molar-refractivity contribution in [3.8, 4) is 10.4 Å².